The van der Waals surface area contributed by atoms with Gasteiger partial charge >= 0.3 is 0 Å². The molecule has 100 valence electrons. The van der Waals surface area contributed by atoms with E-state index in [9.17, 15) is 4.79 Å². The molecule has 0 saturated heterocycles. The molecule has 0 unspecified atom stereocenters. The molecule has 2 N–H and O–H groups in total. The molecule has 1 aliphatic rings. The first-order chi connectivity index (χ1) is 8.70. The van der Waals surface area contributed by atoms with Crippen molar-refractivity contribution in [1.82, 2.24) is 15.2 Å². The molecule has 2 rings (SSSR count). The van der Waals surface area contributed by atoms with Gasteiger partial charge in [0.15, 0.2) is 0 Å². The van der Waals surface area contributed by atoms with Crippen molar-refractivity contribution in [2.45, 2.75) is 44.2 Å². The average Bonchev–Trinajstić information content (AvgIpc) is 2.91. The van der Waals surface area contributed by atoms with Crippen molar-refractivity contribution in [3.8, 4) is 0 Å². The van der Waals surface area contributed by atoms with Gasteiger partial charge in [-0.05, 0) is 44.4 Å². The van der Waals surface area contributed by atoms with E-state index >= 15 is 0 Å². The third-order valence-corrected chi connectivity index (χ3v) is 4.06. The highest BCUT2D eigenvalue weighted by Gasteiger charge is 2.25. The van der Waals surface area contributed by atoms with E-state index < -0.39 is 0 Å². The van der Waals surface area contributed by atoms with Crippen molar-refractivity contribution in [2.24, 2.45) is 0 Å². The van der Waals surface area contributed by atoms with Crippen molar-refractivity contribution in [3.63, 3.8) is 0 Å². The van der Waals surface area contributed by atoms with Gasteiger partial charge in [-0.15, -0.1) is 0 Å². The van der Waals surface area contributed by atoms with Crippen molar-refractivity contribution in [1.29, 1.82) is 0 Å². The number of hydrogen-bond acceptors (Lipinski definition) is 2. The Morgan fingerprint density at radius 1 is 1.44 bits per heavy atom. The first-order valence-electron chi connectivity index (χ1n) is 6.75. The van der Waals surface area contributed by atoms with E-state index in [0.29, 0.717) is 18.5 Å². The lowest BCUT2D eigenvalue weighted by Gasteiger charge is -2.34. The van der Waals surface area contributed by atoms with Gasteiger partial charge < -0.3 is 15.2 Å². The standard InChI is InChI=1S/C14H23N3O/c1-15-12-3-5-13(6-4-12)17(2)14(18)9-11-7-8-16-10-11/h7-8,10,12-13,15-16H,3-6,9H2,1-2H3. The van der Waals surface area contributed by atoms with Crippen LogP contribution in [-0.4, -0.2) is 42.0 Å². The van der Waals surface area contributed by atoms with Gasteiger partial charge in [0.2, 0.25) is 5.91 Å². The molecule has 0 aromatic carbocycles. The van der Waals surface area contributed by atoms with Gasteiger partial charge in [-0.25, -0.2) is 0 Å². The fraction of sp³-hybridized carbons (Fsp3) is 0.643. The van der Waals surface area contributed by atoms with E-state index in [4.69, 9.17) is 0 Å². The molecule has 1 fully saturated rings. The molecule has 1 amide bonds. The lowest BCUT2D eigenvalue weighted by Crippen LogP contribution is -2.43. The van der Waals surface area contributed by atoms with Crippen molar-refractivity contribution in [2.75, 3.05) is 14.1 Å². The molecular formula is C14H23N3O. The zero-order valence-corrected chi connectivity index (χ0v) is 11.3. The van der Waals surface area contributed by atoms with Gasteiger partial charge in [0, 0.05) is 31.5 Å². The maximum absolute atomic E-state index is 12.2. The summed E-state index contributed by atoms with van der Waals surface area (Å²) in [6.45, 7) is 0. The Labute approximate surface area is 109 Å². The summed E-state index contributed by atoms with van der Waals surface area (Å²) in [5.41, 5.74) is 1.07. The maximum atomic E-state index is 12.2. The van der Waals surface area contributed by atoms with E-state index in [1.54, 1.807) is 0 Å². The van der Waals surface area contributed by atoms with Crippen LogP contribution in [0.4, 0.5) is 0 Å². The minimum atomic E-state index is 0.225. The van der Waals surface area contributed by atoms with Crippen LogP contribution in [0.1, 0.15) is 31.2 Å². The quantitative estimate of drug-likeness (QED) is 0.850. The minimum absolute atomic E-state index is 0.225. The smallest absolute Gasteiger partial charge is 0.227 e. The van der Waals surface area contributed by atoms with Crippen LogP contribution in [-0.2, 0) is 11.2 Å². The number of H-pyrrole nitrogens is 1. The highest BCUT2D eigenvalue weighted by Crippen LogP contribution is 2.22. The highest BCUT2D eigenvalue weighted by atomic mass is 16.2. The average molecular weight is 249 g/mol. The zero-order chi connectivity index (χ0) is 13.0. The molecule has 1 aromatic heterocycles. The van der Waals surface area contributed by atoms with Gasteiger partial charge in [-0.3, -0.25) is 4.79 Å². The summed E-state index contributed by atoms with van der Waals surface area (Å²) < 4.78 is 0. The Bertz CT molecular complexity index is 366. The Hall–Kier alpha value is -1.29. The van der Waals surface area contributed by atoms with Gasteiger partial charge in [0.05, 0.1) is 6.42 Å². The number of likely N-dealkylation sites (N-methyl/N-ethyl adjacent to an activating group) is 1. The van der Waals surface area contributed by atoms with Gasteiger partial charge in [0.1, 0.15) is 0 Å². The number of rotatable bonds is 4. The van der Waals surface area contributed by atoms with Gasteiger partial charge in [-0.1, -0.05) is 0 Å². The molecule has 0 radical (unpaired) electrons. The molecule has 0 spiro atoms. The summed E-state index contributed by atoms with van der Waals surface area (Å²) in [6, 6.07) is 3.01. The van der Waals surface area contributed by atoms with Crippen molar-refractivity contribution >= 4 is 5.91 Å². The number of carbonyl (C=O) groups is 1. The van der Waals surface area contributed by atoms with E-state index in [0.717, 1.165) is 18.4 Å². The van der Waals surface area contributed by atoms with Gasteiger partial charge in [0.25, 0.3) is 0 Å². The first-order valence-corrected chi connectivity index (χ1v) is 6.75. The van der Waals surface area contributed by atoms with E-state index in [2.05, 4.69) is 10.3 Å². The number of nitrogens with one attached hydrogen (secondary N) is 2. The molecule has 0 aliphatic heterocycles. The summed E-state index contributed by atoms with van der Waals surface area (Å²) in [6.07, 6.45) is 8.82. The number of aromatic amines is 1. The molecule has 1 heterocycles. The number of carbonyl (C=O) groups excluding carboxylic acids is 1. The fourth-order valence-corrected chi connectivity index (χ4v) is 2.72. The molecule has 18 heavy (non-hydrogen) atoms. The molecule has 1 aliphatic carbocycles. The largest absolute Gasteiger partial charge is 0.367 e. The predicted octanol–water partition coefficient (Wildman–Crippen LogP) is 1.55. The van der Waals surface area contributed by atoms with Gasteiger partial charge in [-0.2, -0.15) is 0 Å². The zero-order valence-electron chi connectivity index (χ0n) is 11.3. The normalized spacial score (nSPS) is 23.9. The third kappa shape index (κ3) is 3.13. The lowest BCUT2D eigenvalue weighted by molar-refractivity contribution is -0.131. The van der Waals surface area contributed by atoms with E-state index in [1.807, 2.05) is 37.5 Å². The highest BCUT2D eigenvalue weighted by molar-refractivity contribution is 5.78. The molecule has 4 nitrogen and oxygen atoms in total. The summed E-state index contributed by atoms with van der Waals surface area (Å²) in [4.78, 5) is 17.1. The topological polar surface area (TPSA) is 48.1 Å². The van der Waals surface area contributed by atoms with E-state index in [-0.39, 0.29) is 5.91 Å². The van der Waals surface area contributed by atoms with Crippen LogP contribution < -0.4 is 5.32 Å². The van der Waals surface area contributed by atoms with Crippen LogP contribution in [0.5, 0.6) is 0 Å². The SMILES string of the molecule is CNC1CCC(N(C)C(=O)Cc2cc[nH]c2)CC1. The third-order valence-electron chi connectivity index (χ3n) is 4.06. The van der Waals surface area contributed by atoms with Crippen LogP contribution in [0, 0.1) is 0 Å². The van der Waals surface area contributed by atoms with Crippen molar-refractivity contribution < 1.29 is 4.79 Å². The number of nitrogens with zero attached hydrogens (tertiary/aromatic N) is 1. The molecule has 0 bridgehead atoms. The Balaban J connectivity index is 1.83. The van der Waals surface area contributed by atoms with Crippen LogP contribution in [0.25, 0.3) is 0 Å². The van der Waals surface area contributed by atoms with E-state index in [1.165, 1.54) is 12.8 Å². The lowest BCUT2D eigenvalue weighted by atomic mass is 9.90. The Morgan fingerprint density at radius 2 is 2.17 bits per heavy atom. The van der Waals surface area contributed by atoms with Crippen LogP contribution in [0.3, 0.4) is 0 Å². The molecule has 1 saturated carbocycles. The molecular weight excluding hydrogens is 226 g/mol. The van der Waals surface area contributed by atoms with Crippen LogP contribution in [0.2, 0.25) is 0 Å². The maximum Gasteiger partial charge on any atom is 0.227 e. The second-order valence-electron chi connectivity index (χ2n) is 5.19. The van der Waals surface area contributed by atoms with Crippen LogP contribution in [0.15, 0.2) is 18.5 Å². The summed E-state index contributed by atoms with van der Waals surface area (Å²) in [5, 5.41) is 3.32. The van der Waals surface area contributed by atoms with Crippen LogP contribution >= 0.6 is 0 Å². The number of aromatic nitrogens is 1. The predicted molar refractivity (Wildman–Crippen MR) is 72.4 cm³/mol. The molecule has 4 heteroatoms. The number of amides is 1. The molecule has 1 aromatic rings. The van der Waals surface area contributed by atoms with Crippen molar-refractivity contribution in [3.05, 3.63) is 24.0 Å². The summed E-state index contributed by atoms with van der Waals surface area (Å²) in [7, 11) is 3.96. The first kappa shape index (κ1) is 13.1. The fourth-order valence-electron chi connectivity index (χ4n) is 2.72. The minimum Gasteiger partial charge on any atom is -0.367 e. The monoisotopic (exact) mass is 249 g/mol. The Morgan fingerprint density at radius 3 is 2.72 bits per heavy atom. The molecule has 0 atom stereocenters. The second-order valence-corrected chi connectivity index (χ2v) is 5.19. The summed E-state index contributed by atoms with van der Waals surface area (Å²) >= 11 is 0. The summed E-state index contributed by atoms with van der Waals surface area (Å²) in [5.74, 6) is 0.225. The second kappa shape index (κ2) is 6.05. The Kier molecular flexibility index (Phi) is 4.42. The number of hydrogen-bond donors (Lipinski definition) is 2.